The van der Waals surface area contributed by atoms with E-state index >= 15 is 0 Å². The van der Waals surface area contributed by atoms with Gasteiger partial charge in [0.25, 0.3) is 0 Å². The van der Waals surface area contributed by atoms with Crippen LogP contribution >= 0.6 is 15.9 Å². The fraction of sp³-hybridized carbons (Fsp3) is 0.333. The van der Waals surface area contributed by atoms with E-state index in [2.05, 4.69) is 46.6 Å². The predicted octanol–water partition coefficient (Wildman–Crippen LogP) is 3.20. The first-order valence-corrected chi connectivity index (χ1v) is 9.60. The Labute approximate surface area is 171 Å². The Morgan fingerprint density at radius 3 is 2.75 bits per heavy atom. The van der Waals surface area contributed by atoms with Crippen LogP contribution in [-0.4, -0.2) is 53.6 Å². The van der Waals surface area contributed by atoms with Crippen molar-refractivity contribution in [3.05, 3.63) is 34.9 Å². The zero-order valence-electron chi connectivity index (χ0n) is 15.4. The Kier molecular flexibility index (Phi) is 6.64. The summed E-state index contributed by atoms with van der Waals surface area (Å²) >= 11 is 3.34. The summed E-state index contributed by atoms with van der Waals surface area (Å²) in [5, 5.41) is 8.88. The highest BCUT2D eigenvalue weighted by atomic mass is 79.9. The maximum Gasteiger partial charge on any atom is 0.325 e. The topological polar surface area (TPSA) is 108 Å². The highest BCUT2D eigenvalue weighted by Gasteiger charge is 2.17. The van der Waals surface area contributed by atoms with Crippen LogP contribution in [0, 0.1) is 0 Å². The predicted molar refractivity (Wildman–Crippen MR) is 110 cm³/mol. The third kappa shape index (κ3) is 5.32. The van der Waals surface area contributed by atoms with Crippen LogP contribution in [0.25, 0.3) is 0 Å². The Bertz CT molecular complexity index is 857. The molecule has 0 atom stereocenters. The third-order valence-corrected chi connectivity index (χ3v) is 4.72. The molecule has 2 heterocycles. The fourth-order valence-electron chi connectivity index (χ4n) is 2.71. The number of anilines is 4. The van der Waals surface area contributed by atoms with E-state index in [0.29, 0.717) is 21.9 Å². The molecular weight excluding hydrogens is 428 g/mol. The lowest BCUT2D eigenvalue weighted by atomic mass is 10.3. The number of aromatic nitrogens is 2. The number of halogens is 1. The van der Waals surface area contributed by atoms with E-state index < -0.39 is 5.97 Å². The van der Waals surface area contributed by atoms with Crippen molar-refractivity contribution in [2.45, 2.75) is 12.8 Å². The van der Waals surface area contributed by atoms with E-state index in [0.717, 1.165) is 31.6 Å². The van der Waals surface area contributed by atoms with Gasteiger partial charge in [-0.15, -0.1) is 0 Å². The summed E-state index contributed by atoms with van der Waals surface area (Å²) in [6.07, 6.45) is 3.67. The molecule has 3 rings (SSSR count). The molecule has 0 aliphatic carbocycles. The maximum atomic E-state index is 12.2. The van der Waals surface area contributed by atoms with Gasteiger partial charge in [0.2, 0.25) is 5.95 Å². The second-order valence-corrected chi connectivity index (χ2v) is 7.00. The molecule has 1 aliphatic rings. The average molecular weight is 449 g/mol. The number of nitrogens with one attached hydrogen (secondary N) is 3. The molecule has 9 nitrogen and oxygen atoms in total. The summed E-state index contributed by atoms with van der Waals surface area (Å²) < 4.78 is 5.22. The molecule has 0 bridgehead atoms. The molecule has 28 heavy (non-hydrogen) atoms. The average Bonchev–Trinajstić information content (AvgIpc) is 3.23. The van der Waals surface area contributed by atoms with Gasteiger partial charge in [0.1, 0.15) is 12.4 Å². The molecule has 1 aromatic heterocycles. The molecule has 1 fully saturated rings. The van der Waals surface area contributed by atoms with Crippen LogP contribution in [0.4, 0.5) is 27.9 Å². The molecule has 3 N–H and O–H groups in total. The summed E-state index contributed by atoms with van der Waals surface area (Å²) in [6, 6.07) is 7.21. The highest BCUT2D eigenvalue weighted by Crippen LogP contribution is 2.23. The van der Waals surface area contributed by atoms with Crippen molar-refractivity contribution in [1.82, 2.24) is 14.9 Å². The molecular formula is C18H21BrN6O3. The first-order chi connectivity index (χ1) is 13.5. The van der Waals surface area contributed by atoms with Crippen molar-refractivity contribution < 1.29 is 14.3 Å². The minimum Gasteiger partial charge on any atom is -0.468 e. The van der Waals surface area contributed by atoms with Crippen LogP contribution in [0.2, 0.25) is 0 Å². The summed E-state index contributed by atoms with van der Waals surface area (Å²) in [5.74, 6) is 0.404. The quantitative estimate of drug-likeness (QED) is 0.582. The normalized spacial score (nSPS) is 13.1. The Balaban J connectivity index is 1.66. The van der Waals surface area contributed by atoms with Gasteiger partial charge in [0, 0.05) is 30.7 Å². The van der Waals surface area contributed by atoms with E-state index in [4.69, 9.17) is 0 Å². The van der Waals surface area contributed by atoms with Gasteiger partial charge >= 0.3 is 12.0 Å². The SMILES string of the molecule is COC(=O)CNc1nc(Nc2cccc(NC(=O)N3CCCC3)c2)ncc1Br. The van der Waals surface area contributed by atoms with E-state index in [-0.39, 0.29) is 12.6 Å². The molecule has 148 valence electrons. The van der Waals surface area contributed by atoms with Gasteiger partial charge in [0.05, 0.1) is 11.6 Å². The van der Waals surface area contributed by atoms with Gasteiger partial charge < -0.3 is 25.6 Å². The van der Waals surface area contributed by atoms with Crippen molar-refractivity contribution in [3.8, 4) is 0 Å². The van der Waals surface area contributed by atoms with E-state index in [1.54, 1.807) is 17.2 Å². The van der Waals surface area contributed by atoms with E-state index in [1.807, 2.05) is 18.2 Å². The van der Waals surface area contributed by atoms with Gasteiger partial charge in [-0.3, -0.25) is 4.79 Å². The van der Waals surface area contributed by atoms with Gasteiger partial charge in [0.15, 0.2) is 0 Å². The molecule has 1 saturated heterocycles. The zero-order chi connectivity index (χ0) is 19.9. The first-order valence-electron chi connectivity index (χ1n) is 8.81. The zero-order valence-corrected chi connectivity index (χ0v) is 17.0. The summed E-state index contributed by atoms with van der Waals surface area (Å²) in [6.45, 7) is 1.57. The van der Waals surface area contributed by atoms with Crippen molar-refractivity contribution in [2.75, 3.05) is 42.7 Å². The Hall–Kier alpha value is -2.88. The lowest BCUT2D eigenvalue weighted by Crippen LogP contribution is -2.32. The fourth-order valence-corrected chi connectivity index (χ4v) is 3.04. The number of nitrogens with zero attached hydrogens (tertiary/aromatic N) is 3. The number of carbonyl (C=O) groups excluding carboxylic acids is 2. The number of likely N-dealkylation sites (tertiary alicyclic amines) is 1. The van der Waals surface area contributed by atoms with Gasteiger partial charge in [-0.1, -0.05) is 6.07 Å². The first kappa shape index (κ1) is 19.9. The van der Waals surface area contributed by atoms with Crippen LogP contribution in [0.3, 0.4) is 0 Å². The maximum absolute atomic E-state index is 12.2. The minimum absolute atomic E-state index is 0.0103. The number of ether oxygens (including phenoxy) is 1. The number of carbonyl (C=O) groups is 2. The van der Waals surface area contributed by atoms with Gasteiger partial charge in [-0.25, -0.2) is 9.78 Å². The van der Waals surface area contributed by atoms with Crippen LogP contribution in [0.15, 0.2) is 34.9 Å². The molecule has 1 aliphatic heterocycles. The largest absolute Gasteiger partial charge is 0.468 e. The molecule has 2 aromatic rings. The number of hydrogen-bond donors (Lipinski definition) is 3. The van der Waals surface area contributed by atoms with Gasteiger partial charge in [-0.2, -0.15) is 4.98 Å². The standard InChI is InChI=1S/C18H21BrN6O3/c1-28-15(26)11-20-16-14(19)10-21-17(24-16)22-12-5-4-6-13(9-12)23-18(27)25-7-2-3-8-25/h4-6,9-10H,2-3,7-8,11H2,1H3,(H,23,27)(H2,20,21,22,24). The number of rotatable bonds is 6. The number of esters is 1. The summed E-state index contributed by atoms with van der Waals surface area (Å²) in [7, 11) is 1.32. The number of hydrogen-bond acceptors (Lipinski definition) is 7. The summed E-state index contributed by atoms with van der Waals surface area (Å²) in [4.78, 5) is 33.9. The Morgan fingerprint density at radius 2 is 2.00 bits per heavy atom. The lowest BCUT2D eigenvalue weighted by molar-refractivity contribution is -0.138. The van der Waals surface area contributed by atoms with Crippen LogP contribution in [0.1, 0.15) is 12.8 Å². The van der Waals surface area contributed by atoms with E-state index in [9.17, 15) is 9.59 Å². The second kappa shape index (κ2) is 9.36. The lowest BCUT2D eigenvalue weighted by Gasteiger charge is -2.16. The second-order valence-electron chi connectivity index (χ2n) is 6.15. The monoisotopic (exact) mass is 448 g/mol. The number of amides is 2. The van der Waals surface area contributed by atoms with Crippen molar-refractivity contribution >= 4 is 51.1 Å². The highest BCUT2D eigenvalue weighted by molar-refractivity contribution is 9.10. The van der Waals surface area contributed by atoms with Crippen molar-refractivity contribution in [1.29, 1.82) is 0 Å². The van der Waals surface area contributed by atoms with Crippen LogP contribution in [0.5, 0.6) is 0 Å². The third-order valence-electron chi connectivity index (χ3n) is 4.14. The van der Waals surface area contributed by atoms with Crippen molar-refractivity contribution in [2.24, 2.45) is 0 Å². The number of urea groups is 1. The molecule has 0 spiro atoms. The Morgan fingerprint density at radius 1 is 1.25 bits per heavy atom. The van der Waals surface area contributed by atoms with Crippen molar-refractivity contribution in [3.63, 3.8) is 0 Å². The van der Waals surface area contributed by atoms with Gasteiger partial charge in [-0.05, 0) is 47.0 Å². The molecule has 10 heteroatoms. The number of methoxy groups -OCH3 is 1. The smallest absolute Gasteiger partial charge is 0.325 e. The number of benzene rings is 1. The molecule has 0 unspecified atom stereocenters. The molecule has 0 saturated carbocycles. The van der Waals surface area contributed by atoms with E-state index in [1.165, 1.54) is 7.11 Å². The summed E-state index contributed by atoms with van der Waals surface area (Å²) in [5.41, 5.74) is 1.41. The molecule has 0 radical (unpaired) electrons. The van der Waals surface area contributed by atoms with Crippen LogP contribution < -0.4 is 16.0 Å². The molecule has 1 aromatic carbocycles. The molecule has 2 amide bonds. The van der Waals surface area contributed by atoms with Crippen LogP contribution in [-0.2, 0) is 9.53 Å². The minimum atomic E-state index is -0.401.